The lowest BCUT2D eigenvalue weighted by molar-refractivity contribution is -0.153. The molecule has 0 spiro atoms. The number of esters is 1. The second-order valence-corrected chi connectivity index (χ2v) is 7.29. The van der Waals surface area contributed by atoms with Crippen molar-refractivity contribution in [1.82, 2.24) is 0 Å². The molecule has 3 nitrogen and oxygen atoms in total. The van der Waals surface area contributed by atoms with E-state index in [4.69, 9.17) is 4.74 Å². The second kappa shape index (κ2) is 5.92. The van der Waals surface area contributed by atoms with Gasteiger partial charge in [-0.3, -0.25) is 9.59 Å². The molecule has 3 heteroatoms. The number of hydrogen-bond acceptors (Lipinski definition) is 3. The smallest absolute Gasteiger partial charge is 0.326 e. The topological polar surface area (TPSA) is 43.4 Å². The maximum absolute atomic E-state index is 13.5. The molecule has 27 heavy (non-hydrogen) atoms. The Labute approximate surface area is 157 Å². The quantitative estimate of drug-likeness (QED) is 0.295. The molecule has 1 aliphatic carbocycles. The molecule has 1 aliphatic heterocycles. The molecule has 3 atom stereocenters. The zero-order valence-electron chi connectivity index (χ0n) is 14.7. The second-order valence-electron chi connectivity index (χ2n) is 7.29. The number of ketones is 1. The number of Topliss-reactive ketones (excluding diaryl/α,β-unsaturated/α-hetero) is 1. The van der Waals surface area contributed by atoms with Gasteiger partial charge in [-0.1, -0.05) is 78.9 Å². The summed E-state index contributed by atoms with van der Waals surface area (Å²) in [5, 5.41) is 0. The number of fused-ring (bicyclic) bond motifs is 3. The van der Waals surface area contributed by atoms with Crippen LogP contribution in [-0.4, -0.2) is 11.8 Å². The summed E-state index contributed by atoms with van der Waals surface area (Å²) in [5.74, 6) is -0.0745. The predicted molar refractivity (Wildman–Crippen MR) is 102 cm³/mol. The van der Waals surface area contributed by atoms with E-state index in [-0.39, 0.29) is 17.6 Å². The van der Waals surface area contributed by atoms with Crippen LogP contribution < -0.4 is 4.74 Å². The molecular weight excluding hydrogens is 336 g/mol. The summed E-state index contributed by atoms with van der Waals surface area (Å²) in [5.41, 5.74) is 1.52. The number of ether oxygens (including phenoxy) is 1. The molecule has 1 fully saturated rings. The van der Waals surface area contributed by atoms with Crippen molar-refractivity contribution in [2.75, 3.05) is 0 Å². The molecule has 132 valence electrons. The van der Waals surface area contributed by atoms with Crippen LogP contribution in [0.15, 0.2) is 84.9 Å². The third-order valence-corrected chi connectivity index (χ3v) is 5.97. The van der Waals surface area contributed by atoms with Crippen LogP contribution in [0.2, 0.25) is 0 Å². The first-order chi connectivity index (χ1) is 13.2. The van der Waals surface area contributed by atoms with Gasteiger partial charge in [0, 0.05) is 17.0 Å². The summed E-state index contributed by atoms with van der Waals surface area (Å²) >= 11 is 0. The van der Waals surface area contributed by atoms with Gasteiger partial charge in [0.25, 0.3) is 0 Å². The van der Waals surface area contributed by atoms with Crippen LogP contribution in [0.25, 0.3) is 0 Å². The van der Waals surface area contributed by atoms with E-state index >= 15 is 0 Å². The lowest BCUT2D eigenvalue weighted by Gasteiger charge is -2.54. The molecule has 0 unspecified atom stereocenters. The highest BCUT2D eigenvalue weighted by Gasteiger charge is 2.67. The van der Waals surface area contributed by atoms with Crippen molar-refractivity contribution in [2.45, 2.75) is 18.3 Å². The fourth-order valence-corrected chi connectivity index (χ4v) is 4.67. The fourth-order valence-electron chi connectivity index (χ4n) is 4.67. The number of hydrogen-bond donors (Lipinski definition) is 0. The molecule has 0 bridgehead atoms. The summed E-state index contributed by atoms with van der Waals surface area (Å²) in [7, 11) is 0. The number of benzene rings is 3. The van der Waals surface area contributed by atoms with E-state index in [1.807, 2.05) is 60.7 Å². The number of para-hydroxylation sites is 1. The van der Waals surface area contributed by atoms with Gasteiger partial charge < -0.3 is 4.74 Å². The Bertz CT molecular complexity index is 1030. The molecule has 1 heterocycles. The molecular formula is C24H18O3. The molecule has 0 radical (unpaired) electrons. The summed E-state index contributed by atoms with van der Waals surface area (Å²) < 4.78 is 5.64. The van der Waals surface area contributed by atoms with Gasteiger partial charge in [0.15, 0.2) is 5.78 Å². The van der Waals surface area contributed by atoms with Gasteiger partial charge in [-0.25, -0.2) is 0 Å². The minimum Gasteiger partial charge on any atom is -0.425 e. The van der Waals surface area contributed by atoms with Gasteiger partial charge in [-0.15, -0.1) is 0 Å². The number of carbonyl (C=O) groups excluding carboxylic acids is 2. The van der Waals surface area contributed by atoms with E-state index in [1.165, 1.54) is 0 Å². The van der Waals surface area contributed by atoms with E-state index in [9.17, 15) is 9.59 Å². The Morgan fingerprint density at radius 3 is 2.22 bits per heavy atom. The molecule has 0 N–H and O–H groups in total. The SMILES string of the molecule is O=C1Oc2ccccc2[C@@H]2[C@H](c3ccccc3)C[C@]12C(=O)c1ccccc1. The van der Waals surface area contributed by atoms with E-state index in [2.05, 4.69) is 12.1 Å². The normalized spacial score (nSPS) is 25.6. The summed E-state index contributed by atoms with van der Waals surface area (Å²) in [6.07, 6.45) is 0.475. The van der Waals surface area contributed by atoms with Crippen LogP contribution >= 0.6 is 0 Å². The van der Waals surface area contributed by atoms with Crippen molar-refractivity contribution < 1.29 is 14.3 Å². The maximum atomic E-state index is 13.5. The third kappa shape index (κ3) is 2.21. The van der Waals surface area contributed by atoms with Crippen molar-refractivity contribution >= 4 is 11.8 Å². The van der Waals surface area contributed by atoms with Gasteiger partial charge in [0.05, 0.1) is 0 Å². The summed E-state index contributed by atoms with van der Waals surface area (Å²) in [4.78, 5) is 26.6. The molecule has 5 rings (SSSR count). The molecule has 0 amide bonds. The van der Waals surface area contributed by atoms with Gasteiger partial charge >= 0.3 is 5.97 Å². The zero-order chi connectivity index (χ0) is 18.4. The molecule has 1 saturated carbocycles. The molecule has 0 saturated heterocycles. The van der Waals surface area contributed by atoms with Gasteiger partial charge in [0.1, 0.15) is 11.2 Å². The van der Waals surface area contributed by atoms with Crippen molar-refractivity contribution in [3.63, 3.8) is 0 Å². The molecule has 3 aromatic carbocycles. The van der Waals surface area contributed by atoms with Crippen LogP contribution in [0.5, 0.6) is 5.75 Å². The average molecular weight is 354 g/mol. The fraction of sp³-hybridized carbons (Fsp3) is 0.167. The Hall–Kier alpha value is -3.20. The van der Waals surface area contributed by atoms with Crippen molar-refractivity contribution in [3.05, 3.63) is 102 Å². The van der Waals surface area contributed by atoms with Crippen molar-refractivity contribution in [3.8, 4) is 5.75 Å². The van der Waals surface area contributed by atoms with Crippen molar-refractivity contribution in [1.29, 1.82) is 0 Å². The zero-order valence-corrected chi connectivity index (χ0v) is 14.7. The third-order valence-electron chi connectivity index (χ3n) is 5.97. The number of carbonyl (C=O) groups is 2. The van der Waals surface area contributed by atoms with Gasteiger partial charge in [0.2, 0.25) is 0 Å². The van der Waals surface area contributed by atoms with Crippen LogP contribution in [0.4, 0.5) is 0 Å². The molecule has 3 aromatic rings. The van der Waals surface area contributed by atoms with E-state index in [0.29, 0.717) is 17.7 Å². The monoisotopic (exact) mass is 354 g/mol. The van der Waals surface area contributed by atoms with E-state index in [1.54, 1.807) is 12.1 Å². The predicted octanol–water partition coefficient (Wildman–Crippen LogP) is 4.75. The standard InChI is InChI=1S/C24H18O3/c25-22(17-11-5-2-6-12-17)24-15-19(16-9-3-1-4-10-16)21(24)18-13-7-8-14-20(18)27-23(24)26/h1-14,19,21H,15H2/t19-,21+,24-/m0/s1. The maximum Gasteiger partial charge on any atom is 0.326 e. The average Bonchev–Trinajstić information content (AvgIpc) is 2.70. The van der Waals surface area contributed by atoms with Crippen LogP contribution in [0, 0.1) is 5.41 Å². The minimum atomic E-state index is -1.14. The van der Waals surface area contributed by atoms with E-state index in [0.717, 1.165) is 11.1 Å². The van der Waals surface area contributed by atoms with E-state index < -0.39 is 11.4 Å². The first kappa shape index (κ1) is 16.0. The number of rotatable bonds is 3. The molecule has 2 aliphatic rings. The van der Waals surface area contributed by atoms with Crippen LogP contribution in [-0.2, 0) is 4.79 Å². The van der Waals surface area contributed by atoms with Gasteiger partial charge in [-0.2, -0.15) is 0 Å². The summed E-state index contributed by atoms with van der Waals surface area (Å²) in [6.45, 7) is 0. The highest BCUT2D eigenvalue weighted by atomic mass is 16.5. The largest absolute Gasteiger partial charge is 0.425 e. The lowest BCUT2D eigenvalue weighted by Crippen LogP contribution is -2.59. The van der Waals surface area contributed by atoms with Crippen LogP contribution in [0.1, 0.15) is 39.7 Å². The Balaban J connectivity index is 1.66. The first-order valence-corrected chi connectivity index (χ1v) is 9.18. The van der Waals surface area contributed by atoms with Crippen molar-refractivity contribution in [2.24, 2.45) is 5.41 Å². The minimum absolute atomic E-state index is 0.118. The Morgan fingerprint density at radius 1 is 0.852 bits per heavy atom. The Morgan fingerprint density at radius 2 is 1.48 bits per heavy atom. The summed E-state index contributed by atoms with van der Waals surface area (Å²) in [6, 6.07) is 26.8. The van der Waals surface area contributed by atoms with Gasteiger partial charge in [-0.05, 0) is 24.0 Å². The van der Waals surface area contributed by atoms with Crippen LogP contribution in [0.3, 0.4) is 0 Å². The Kier molecular flexibility index (Phi) is 3.51. The molecule has 0 aromatic heterocycles. The highest BCUT2D eigenvalue weighted by Crippen LogP contribution is 2.66. The highest BCUT2D eigenvalue weighted by molar-refractivity contribution is 6.15. The first-order valence-electron chi connectivity index (χ1n) is 9.18. The lowest BCUT2D eigenvalue weighted by atomic mass is 9.47.